The van der Waals surface area contributed by atoms with Gasteiger partial charge in [0.25, 0.3) is 0 Å². The lowest BCUT2D eigenvalue weighted by Crippen LogP contribution is -2.19. The summed E-state index contributed by atoms with van der Waals surface area (Å²) in [6.07, 6.45) is 1.74. The number of benzene rings is 1. The van der Waals surface area contributed by atoms with Gasteiger partial charge >= 0.3 is 0 Å². The van der Waals surface area contributed by atoms with Gasteiger partial charge < -0.3 is 20.3 Å². The molecule has 0 radical (unpaired) electrons. The average molecular weight is 280 g/mol. The second kappa shape index (κ2) is 6.12. The molecule has 0 aliphatic carbocycles. The summed E-state index contributed by atoms with van der Waals surface area (Å²) in [4.78, 5) is 2.90. The number of aromatic amines is 1. The van der Waals surface area contributed by atoms with E-state index < -0.39 is 12.2 Å². The molecule has 1 aromatic carbocycles. The Hall–Kier alpha value is -1.47. The van der Waals surface area contributed by atoms with E-state index in [2.05, 4.69) is 4.98 Å². The molecule has 2 rings (SSSR count). The Kier molecular flexibility index (Phi) is 4.49. The molecular formula is C13H16N2O3S. The number of imidazole rings is 1. The van der Waals surface area contributed by atoms with Gasteiger partial charge in [-0.15, -0.1) is 0 Å². The lowest BCUT2D eigenvalue weighted by molar-refractivity contribution is 0.00422. The molecule has 0 aliphatic rings. The van der Waals surface area contributed by atoms with E-state index in [0.29, 0.717) is 10.3 Å². The van der Waals surface area contributed by atoms with Crippen molar-refractivity contribution in [3.05, 3.63) is 47.0 Å². The summed E-state index contributed by atoms with van der Waals surface area (Å²) >= 11 is 5.12. The van der Waals surface area contributed by atoms with Crippen molar-refractivity contribution in [1.29, 1.82) is 0 Å². The van der Waals surface area contributed by atoms with E-state index in [4.69, 9.17) is 17.3 Å². The largest absolute Gasteiger partial charge is 0.396 e. The first-order chi connectivity index (χ1) is 9.13. The molecule has 0 amide bonds. The summed E-state index contributed by atoms with van der Waals surface area (Å²) in [6.45, 7) is -0.158. The third kappa shape index (κ3) is 3.10. The fourth-order valence-corrected chi connectivity index (χ4v) is 2.10. The van der Waals surface area contributed by atoms with E-state index in [-0.39, 0.29) is 13.0 Å². The van der Waals surface area contributed by atoms with Gasteiger partial charge in [0, 0.05) is 24.7 Å². The SMILES string of the molecule is OCCC(O)C(O)c1ccc(-n2cc[nH]c2=S)cc1. The summed E-state index contributed by atoms with van der Waals surface area (Å²) in [5.41, 5.74) is 1.48. The monoisotopic (exact) mass is 280 g/mol. The smallest absolute Gasteiger partial charge is 0.181 e. The molecule has 0 aliphatic heterocycles. The van der Waals surface area contributed by atoms with E-state index in [1.807, 2.05) is 18.3 Å². The Balaban J connectivity index is 2.19. The maximum absolute atomic E-state index is 9.90. The van der Waals surface area contributed by atoms with Crippen molar-refractivity contribution in [2.45, 2.75) is 18.6 Å². The highest BCUT2D eigenvalue weighted by molar-refractivity contribution is 7.71. The molecule has 2 aromatic rings. The minimum atomic E-state index is -1.000. The van der Waals surface area contributed by atoms with E-state index in [1.165, 1.54) is 0 Å². The van der Waals surface area contributed by atoms with Gasteiger partial charge in [0.05, 0.1) is 6.10 Å². The maximum Gasteiger partial charge on any atom is 0.181 e. The number of nitrogens with zero attached hydrogens (tertiary/aromatic N) is 1. The summed E-state index contributed by atoms with van der Waals surface area (Å²) in [7, 11) is 0. The van der Waals surface area contributed by atoms with Crippen LogP contribution in [-0.2, 0) is 0 Å². The van der Waals surface area contributed by atoms with Gasteiger partial charge in [-0.2, -0.15) is 0 Å². The van der Waals surface area contributed by atoms with Crippen LogP contribution in [-0.4, -0.2) is 37.6 Å². The summed E-state index contributed by atoms with van der Waals surface area (Å²) in [5, 5.41) is 28.3. The summed E-state index contributed by atoms with van der Waals surface area (Å²) < 4.78 is 2.39. The predicted octanol–water partition coefficient (Wildman–Crippen LogP) is 1.31. The molecule has 0 spiro atoms. The Morgan fingerprint density at radius 2 is 1.89 bits per heavy atom. The molecule has 0 bridgehead atoms. The lowest BCUT2D eigenvalue weighted by Gasteiger charge is -2.17. The van der Waals surface area contributed by atoms with E-state index in [0.717, 1.165) is 5.69 Å². The van der Waals surface area contributed by atoms with Crippen molar-refractivity contribution >= 4 is 12.2 Å². The van der Waals surface area contributed by atoms with Crippen molar-refractivity contribution in [2.75, 3.05) is 6.61 Å². The Labute approximate surface area is 115 Å². The van der Waals surface area contributed by atoms with Crippen LogP contribution >= 0.6 is 12.2 Å². The molecule has 19 heavy (non-hydrogen) atoms. The van der Waals surface area contributed by atoms with Crippen LogP contribution in [0.15, 0.2) is 36.7 Å². The average Bonchev–Trinajstić information content (AvgIpc) is 2.84. The molecule has 102 valence electrons. The number of hydrogen-bond donors (Lipinski definition) is 4. The first kappa shape index (κ1) is 14.0. The molecule has 4 N–H and O–H groups in total. The van der Waals surface area contributed by atoms with Gasteiger partial charge in [0.2, 0.25) is 0 Å². The zero-order chi connectivity index (χ0) is 13.8. The molecule has 0 saturated carbocycles. The molecule has 0 fully saturated rings. The fourth-order valence-electron chi connectivity index (χ4n) is 1.87. The van der Waals surface area contributed by atoms with Crippen LogP contribution in [0.5, 0.6) is 0 Å². The van der Waals surface area contributed by atoms with E-state index in [9.17, 15) is 10.2 Å². The topological polar surface area (TPSA) is 81.4 Å². The number of hydrogen-bond acceptors (Lipinski definition) is 4. The quantitative estimate of drug-likeness (QED) is 0.623. The zero-order valence-electron chi connectivity index (χ0n) is 10.2. The molecule has 2 unspecified atom stereocenters. The minimum Gasteiger partial charge on any atom is -0.396 e. The van der Waals surface area contributed by atoms with Gasteiger partial charge in [-0.1, -0.05) is 12.1 Å². The Morgan fingerprint density at radius 1 is 1.21 bits per heavy atom. The fraction of sp³-hybridized carbons (Fsp3) is 0.308. The van der Waals surface area contributed by atoms with Crippen molar-refractivity contribution in [1.82, 2.24) is 9.55 Å². The van der Waals surface area contributed by atoms with Gasteiger partial charge in [0.1, 0.15) is 6.10 Å². The van der Waals surface area contributed by atoms with Crippen molar-refractivity contribution in [2.24, 2.45) is 0 Å². The van der Waals surface area contributed by atoms with Crippen LogP contribution in [0, 0.1) is 4.77 Å². The van der Waals surface area contributed by atoms with Crippen LogP contribution in [0.4, 0.5) is 0 Å². The number of rotatable bonds is 5. The third-order valence-corrected chi connectivity index (χ3v) is 3.27. The zero-order valence-corrected chi connectivity index (χ0v) is 11.0. The molecule has 1 aromatic heterocycles. The Morgan fingerprint density at radius 3 is 2.42 bits per heavy atom. The van der Waals surface area contributed by atoms with Gasteiger partial charge in [-0.05, 0) is 36.3 Å². The highest BCUT2D eigenvalue weighted by Gasteiger charge is 2.17. The van der Waals surface area contributed by atoms with Crippen LogP contribution < -0.4 is 0 Å². The van der Waals surface area contributed by atoms with Gasteiger partial charge in [-0.25, -0.2) is 0 Å². The number of H-pyrrole nitrogens is 1. The number of aromatic nitrogens is 2. The normalized spacial score (nSPS) is 14.3. The second-order valence-electron chi connectivity index (χ2n) is 4.25. The molecule has 6 heteroatoms. The highest BCUT2D eigenvalue weighted by Crippen LogP contribution is 2.20. The van der Waals surface area contributed by atoms with Gasteiger partial charge in [-0.3, -0.25) is 4.57 Å². The number of aliphatic hydroxyl groups is 3. The third-order valence-electron chi connectivity index (χ3n) is 2.95. The van der Waals surface area contributed by atoms with E-state index in [1.54, 1.807) is 22.9 Å². The van der Waals surface area contributed by atoms with Crippen LogP contribution in [0.1, 0.15) is 18.1 Å². The first-order valence-electron chi connectivity index (χ1n) is 5.97. The summed E-state index contributed by atoms with van der Waals surface area (Å²) in [6, 6.07) is 7.09. The van der Waals surface area contributed by atoms with Gasteiger partial charge in [0.15, 0.2) is 4.77 Å². The molecule has 2 atom stereocenters. The van der Waals surface area contributed by atoms with Crippen molar-refractivity contribution < 1.29 is 15.3 Å². The van der Waals surface area contributed by atoms with Crippen molar-refractivity contribution in [3.8, 4) is 5.69 Å². The standard InChI is InChI=1S/C13H16N2O3S/c16-8-5-11(17)12(18)9-1-3-10(4-2-9)15-7-6-14-13(15)19/h1-4,6-7,11-12,16-18H,5,8H2,(H,14,19). The molecule has 5 nitrogen and oxygen atoms in total. The van der Waals surface area contributed by atoms with Crippen LogP contribution in [0.3, 0.4) is 0 Å². The molecule has 0 saturated heterocycles. The van der Waals surface area contributed by atoms with Crippen LogP contribution in [0.25, 0.3) is 5.69 Å². The maximum atomic E-state index is 9.90. The lowest BCUT2D eigenvalue weighted by atomic mass is 10.0. The first-order valence-corrected chi connectivity index (χ1v) is 6.37. The van der Waals surface area contributed by atoms with Crippen LogP contribution in [0.2, 0.25) is 0 Å². The second-order valence-corrected chi connectivity index (χ2v) is 4.64. The highest BCUT2D eigenvalue weighted by atomic mass is 32.1. The molecule has 1 heterocycles. The Bertz CT molecular complexity index is 576. The van der Waals surface area contributed by atoms with Crippen molar-refractivity contribution in [3.63, 3.8) is 0 Å². The van der Waals surface area contributed by atoms with E-state index >= 15 is 0 Å². The molecular weight excluding hydrogens is 264 g/mol. The summed E-state index contributed by atoms with van der Waals surface area (Å²) in [5.74, 6) is 0. The predicted molar refractivity (Wildman–Crippen MR) is 73.6 cm³/mol. The number of nitrogens with one attached hydrogen (secondary N) is 1. The number of aliphatic hydroxyl groups excluding tert-OH is 3. The minimum absolute atomic E-state index is 0.145.